The van der Waals surface area contributed by atoms with Crippen molar-refractivity contribution >= 4 is 29.4 Å². The van der Waals surface area contributed by atoms with Gasteiger partial charge in [0.05, 0.1) is 19.2 Å². The third kappa shape index (κ3) is 4.71. The minimum absolute atomic E-state index is 0.243. The van der Waals surface area contributed by atoms with Crippen molar-refractivity contribution in [2.24, 2.45) is 7.05 Å². The second-order valence-electron chi connectivity index (χ2n) is 5.95. The highest BCUT2D eigenvalue weighted by Gasteiger charge is 2.15. The molecule has 2 aromatic rings. The molecule has 0 N–H and O–H groups in total. The van der Waals surface area contributed by atoms with Crippen molar-refractivity contribution in [3.8, 4) is 11.5 Å². The molecule has 0 spiro atoms. The summed E-state index contributed by atoms with van der Waals surface area (Å²) < 4.78 is 17.3. The van der Waals surface area contributed by atoms with Crippen LogP contribution in [0.15, 0.2) is 24.3 Å². The van der Waals surface area contributed by atoms with Crippen LogP contribution in [0.1, 0.15) is 27.3 Å². The number of rotatable bonds is 7. The number of esters is 1. The van der Waals surface area contributed by atoms with Crippen molar-refractivity contribution in [2.45, 2.75) is 13.8 Å². The SMILES string of the molecule is COc1cc(C=CC(=O)OCC(=O)c2cc(C)n(C)c2C)cc(Cl)c1OC. The maximum absolute atomic E-state index is 12.2. The van der Waals surface area contributed by atoms with E-state index in [1.807, 2.05) is 25.5 Å². The minimum atomic E-state index is -0.625. The van der Waals surface area contributed by atoms with Gasteiger partial charge < -0.3 is 18.8 Å². The number of aromatic nitrogens is 1. The number of carbonyl (C=O) groups is 2. The highest BCUT2D eigenvalue weighted by atomic mass is 35.5. The van der Waals surface area contributed by atoms with Gasteiger partial charge in [0.15, 0.2) is 18.1 Å². The van der Waals surface area contributed by atoms with Crippen molar-refractivity contribution in [3.63, 3.8) is 0 Å². The number of ketones is 1. The van der Waals surface area contributed by atoms with Crippen LogP contribution in [0.4, 0.5) is 0 Å². The highest BCUT2D eigenvalue weighted by molar-refractivity contribution is 6.32. The fourth-order valence-electron chi connectivity index (χ4n) is 2.60. The van der Waals surface area contributed by atoms with E-state index in [1.54, 1.807) is 18.2 Å². The highest BCUT2D eigenvalue weighted by Crippen LogP contribution is 2.36. The van der Waals surface area contributed by atoms with Crippen molar-refractivity contribution in [1.29, 1.82) is 0 Å². The van der Waals surface area contributed by atoms with Gasteiger partial charge in [-0.05, 0) is 43.7 Å². The molecule has 7 heteroatoms. The summed E-state index contributed by atoms with van der Waals surface area (Å²) in [5, 5.41) is 0.356. The van der Waals surface area contributed by atoms with E-state index in [2.05, 4.69) is 0 Å². The van der Waals surface area contributed by atoms with Gasteiger partial charge in [-0.25, -0.2) is 4.79 Å². The molecule has 0 saturated heterocycles. The van der Waals surface area contributed by atoms with Gasteiger partial charge in [-0.2, -0.15) is 0 Å². The quantitative estimate of drug-likeness (QED) is 0.408. The molecular formula is C20H22ClNO5. The van der Waals surface area contributed by atoms with E-state index in [9.17, 15) is 9.59 Å². The summed E-state index contributed by atoms with van der Waals surface area (Å²) in [5.74, 6) is -0.00666. The summed E-state index contributed by atoms with van der Waals surface area (Å²) >= 11 is 6.13. The van der Waals surface area contributed by atoms with E-state index in [0.29, 0.717) is 27.6 Å². The van der Waals surface area contributed by atoms with Crippen molar-refractivity contribution < 1.29 is 23.8 Å². The molecule has 144 valence electrons. The van der Waals surface area contributed by atoms with Crippen LogP contribution in [0.5, 0.6) is 11.5 Å². The summed E-state index contributed by atoms with van der Waals surface area (Å²) in [5.41, 5.74) is 2.99. The van der Waals surface area contributed by atoms with Crippen LogP contribution in [0.2, 0.25) is 5.02 Å². The van der Waals surface area contributed by atoms with Crippen molar-refractivity contribution in [3.05, 3.63) is 51.8 Å². The first-order valence-electron chi connectivity index (χ1n) is 8.21. The largest absolute Gasteiger partial charge is 0.493 e. The van der Waals surface area contributed by atoms with Crippen LogP contribution in [-0.2, 0) is 16.6 Å². The molecule has 27 heavy (non-hydrogen) atoms. The number of hydrogen-bond acceptors (Lipinski definition) is 5. The molecule has 0 aliphatic heterocycles. The van der Waals surface area contributed by atoms with Gasteiger partial charge in [-0.3, -0.25) is 4.79 Å². The van der Waals surface area contributed by atoms with Crippen LogP contribution < -0.4 is 9.47 Å². The van der Waals surface area contributed by atoms with Gasteiger partial charge in [0.25, 0.3) is 0 Å². The van der Waals surface area contributed by atoms with Crippen molar-refractivity contribution in [2.75, 3.05) is 20.8 Å². The lowest BCUT2D eigenvalue weighted by molar-refractivity contribution is -0.136. The van der Waals surface area contributed by atoms with Gasteiger partial charge in [0, 0.05) is 30.1 Å². The number of halogens is 1. The molecule has 2 rings (SSSR count). The lowest BCUT2D eigenvalue weighted by atomic mass is 10.1. The Bertz CT molecular complexity index is 898. The molecule has 0 aliphatic rings. The Morgan fingerprint density at radius 2 is 1.85 bits per heavy atom. The minimum Gasteiger partial charge on any atom is -0.493 e. The average molecular weight is 392 g/mol. The summed E-state index contributed by atoms with van der Waals surface area (Å²) in [6.07, 6.45) is 2.76. The number of nitrogens with zero attached hydrogens (tertiary/aromatic N) is 1. The smallest absolute Gasteiger partial charge is 0.331 e. The maximum atomic E-state index is 12.2. The van der Waals surface area contributed by atoms with Gasteiger partial charge in [-0.15, -0.1) is 0 Å². The van der Waals surface area contributed by atoms with E-state index in [0.717, 1.165) is 11.4 Å². The van der Waals surface area contributed by atoms with Crippen LogP contribution in [0, 0.1) is 13.8 Å². The first-order valence-corrected chi connectivity index (χ1v) is 8.58. The lowest BCUT2D eigenvalue weighted by Crippen LogP contribution is -2.13. The first kappa shape index (κ1) is 20.6. The van der Waals surface area contributed by atoms with E-state index in [-0.39, 0.29) is 12.4 Å². The number of hydrogen-bond donors (Lipinski definition) is 0. The molecular weight excluding hydrogens is 370 g/mol. The fraction of sp³-hybridized carbons (Fsp3) is 0.300. The second kappa shape index (κ2) is 8.77. The van der Waals surface area contributed by atoms with Crippen LogP contribution >= 0.6 is 11.6 Å². The molecule has 6 nitrogen and oxygen atoms in total. The van der Waals surface area contributed by atoms with E-state index >= 15 is 0 Å². The van der Waals surface area contributed by atoms with Gasteiger partial charge in [-0.1, -0.05) is 11.6 Å². The molecule has 0 bridgehead atoms. The van der Waals surface area contributed by atoms with Crippen molar-refractivity contribution in [1.82, 2.24) is 4.57 Å². The van der Waals surface area contributed by atoms with E-state index in [4.69, 9.17) is 25.8 Å². The Morgan fingerprint density at radius 1 is 1.15 bits per heavy atom. The topological polar surface area (TPSA) is 66.8 Å². The zero-order chi connectivity index (χ0) is 20.1. The average Bonchev–Trinajstić information content (AvgIpc) is 2.91. The Hall–Kier alpha value is -2.73. The standard InChI is InChI=1S/C20H22ClNO5/c1-12-8-15(13(2)22(12)3)17(23)11-27-19(24)7-6-14-9-16(21)20(26-5)18(10-14)25-4/h6-10H,11H2,1-5H3. The lowest BCUT2D eigenvalue weighted by Gasteiger charge is -2.10. The van der Waals surface area contributed by atoms with E-state index in [1.165, 1.54) is 26.4 Å². The number of carbonyl (C=O) groups excluding carboxylic acids is 2. The molecule has 1 heterocycles. The Kier molecular flexibility index (Phi) is 6.69. The van der Waals surface area contributed by atoms with Gasteiger partial charge in [0.2, 0.25) is 5.78 Å². The summed E-state index contributed by atoms with van der Waals surface area (Å²) in [6, 6.07) is 5.09. The maximum Gasteiger partial charge on any atom is 0.331 e. The van der Waals surface area contributed by atoms with Crippen LogP contribution in [0.25, 0.3) is 6.08 Å². The molecule has 1 aromatic carbocycles. The Labute approximate surface area is 163 Å². The zero-order valence-electron chi connectivity index (χ0n) is 16.0. The number of benzene rings is 1. The van der Waals surface area contributed by atoms with E-state index < -0.39 is 5.97 Å². The predicted octanol–water partition coefficient (Wildman–Crippen LogP) is 3.75. The molecule has 0 amide bonds. The first-order chi connectivity index (χ1) is 12.8. The summed E-state index contributed by atoms with van der Waals surface area (Å²) in [4.78, 5) is 24.2. The van der Waals surface area contributed by atoms with Gasteiger partial charge >= 0.3 is 5.97 Å². The third-order valence-corrected chi connectivity index (χ3v) is 4.57. The molecule has 0 fully saturated rings. The van der Waals surface area contributed by atoms with Crippen LogP contribution in [0.3, 0.4) is 0 Å². The summed E-state index contributed by atoms with van der Waals surface area (Å²) in [6.45, 7) is 3.44. The fourth-order valence-corrected chi connectivity index (χ4v) is 2.89. The number of aryl methyl sites for hydroxylation is 1. The Morgan fingerprint density at radius 3 is 2.41 bits per heavy atom. The molecule has 0 atom stereocenters. The zero-order valence-corrected chi connectivity index (χ0v) is 16.7. The molecule has 0 aliphatic carbocycles. The molecule has 0 radical (unpaired) electrons. The second-order valence-corrected chi connectivity index (χ2v) is 6.35. The van der Waals surface area contributed by atoms with Crippen LogP contribution in [-0.4, -0.2) is 37.1 Å². The normalized spacial score (nSPS) is 10.9. The number of methoxy groups -OCH3 is 2. The van der Waals surface area contributed by atoms with Gasteiger partial charge in [0.1, 0.15) is 0 Å². The molecule has 0 unspecified atom stereocenters. The third-order valence-electron chi connectivity index (χ3n) is 4.29. The molecule has 1 aromatic heterocycles. The summed E-state index contributed by atoms with van der Waals surface area (Å²) in [7, 11) is 4.86. The predicted molar refractivity (Wildman–Crippen MR) is 104 cm³/mol. The number of ether oxygens (including phenoxy) is 3. The number of Topliss-reactive ketones (excluding diaryl/α,β-unsaturated/α-hetero) is 1. The monoisotopic (exact) mass is 391 g/mol. The Balaban J connectivity index is 2.02. The molecule has 0 saturated carbocycles.